The molecule has 1 amide bonds. The smallest absolute Gasteiger partial charge is 0.220 e. The summed E-state index contributed by atoms with van der Waals surface area (Å²) in [5, 5.41) is 12.0. The summed E-state index contributed by atoms with van der Waals surface area (Å²) in [6, 6.07) is 0.127. The average molecular weight is 249 g/mol. The maximum absolute atomic E-state index is 11.6. The fraction of sp³-hybridized carbons (Fsp3) is 0.750. The van der Waals surface area contributed by atoms with E-state index in [0.29, 0.717) is 0 Å². The molecule has 0 spiro atoms. The van der Waals surface area contributed by atoms with Crippen molar-refractivity contribution in [2.45, 2.75) is 38.8 Å². The zero-order chi connectivity index (χ0) is 12.5. The Morgan fingerprint density at radius 3 is 3.06 bits per heavy atom. The van der Waals surface area contributed by atoms with Crippen molar-refractivity contribution in [3.05, 3.63) is 11.6 Å². The van der Waals surface area contributed by atoms with Crippen LogP contribution < -0.4 is 5.32 Å². The molecular weight excluding hydrogens is 230 g/mol. The highest BCUT2D eigenvalue weighted by Crippen LogP contribution is 2.31. The number of amides is 1. The molecule has 0 aromatic carbocycles. The predicted octanol–water partition coefficient (Wildman–Crippen LogP) is 0.107. The van der Waals surface area contributed by atoms with E-state index in [-0.39, 0.29) is 11.9 Å². The molecule has 3 rings (SSSR count). The van der Waals surface area contributed by atoms with E-state index in [1.165, 1.54) is 0 Å². The molecule has 1 saturated heterocycles. The van der Waals surface area contributed by atoms with Gasteiger partial charge < -0.3 is 14.8 Å². The third-order valence-electron chi connectivity index (χ3n) is 3.85. The minimum absolute atomic E-state index is 0.127. The highest BCUT2D eigenvalue weighted by atomic mass is 16.2. The number of nitrogens with one attached hydrogen (secondary N) is 1. The number of aromatic nitrogens is 3. The Morgan fingerprint density at radius 2 is 2.22 bits per heavy atom. The number of hydrogen-bond acceptors (Lipinski definition) is 4. The number of nitrogens with zero attached hydrogens (tertiary/aromatic N) is 4. The summed E-state index contributed by atoms with van der Waals surface area (Å²) in [4.78, 5) is 13.6. The molecule has 0 radical (unpaired) electrons. The summed E-state index contributed by atoms with van der Waals surface area (Å²) in [5.74, 6) is 2.16. The highest BCUT2D eigenvalue weighted by molar-refractivity contribution is 5.74. The zero-order valence-electron chi connectivity index (χ0n) is 10.7. The van der Waals surface area contributed by atoms with Crippen LogP contribution in [-0.4, -0.2) is 45.2 Å². The maximum atomic E-state index is 11.6. The lowest BCUT2D eigenvalue weighted by atomic mass is 10.2. The SMILES string of the molecule is CC(=O)N1CCC[C@H]1c1nnc2n1CCNCC2. The van der Waals surface area contributed by atoms with Gasteiger partial charge in [-0.3, -0.25) is 4.79 Å². The van der Waals surface area contributed by atoms with Crippen LogP contribution in [0.3, 0.4) is 0 Å². The van der Waals surface area contributed by atoms with Crippen LogP contribution in [-0.2, 0) is 17.8 Å². The summed E-state index contributed by atoms with van der Waals surface area (Å²) in [6.45, 7) is 5.30. The first-order chi connectivity index (χ1) is 8.77. The van der Waals surface area contributed by atoms with Crippen molar-refractivity contribution in [2.75, 3.05) is 19.6 Å². The normalized spacial score (nSPS) is 23.8. The standard InChI is InChI=1S/C12H19N5O/c1-9(18)16-7-2-3-10(16)12-15-14-11-4-5-13-6-8-17(11)12/h10,13H,2-8H2,1H3/t10-/m0/s1. The monoisotopic (exact) mass is 249 g/mol. The van der Waals surface area contributed by atoms with Gasteiger partial charge in [0.1, 0.15) is 5.82 Å². The van der Waals surface area contributed by atoms with Gasteiger partial charge in [-0.15, -0.1) is 10.2 Å². The topological polar surface area (TPSA) is 63.1 Å². The summed E-state index contributed by atoms with van der Waals surface area (Å²) in [6.07, 6.45) is 2.98. The van der Waals surface area contributed by atoms with E-state index in [0.717, 1.165) is 57.1 Å². The molecule has 0 unspecified atom stereocenters. The van der Waals surface area contributed by atoms with Gasteiger partial charge in [0.05, 0.1) is 6.04 Å². The van der Waals surface area contributed by atoms with Crippen molar-refractivity contribution in [1.82, 2.24) is 25.0 Å². The van der Waals surface area contributed by atoms with Gasteiger partial charge in [-0.2, -0.15) is 0 Å². The first kappa shape index (κ1) is 11.6. The minimum Gasteiger partial charge on any atom is -0.333 e. The van der Waals surface area contributed by atoms with E-state index >= 15 is 0 Å². The Bertz CT molecular complexity index is 455. The maximum Gasteiger partial charge on any atom is 0.220 e. The molecule has 0 saturated carbocycles. The Balaban J connectivity index is 1.92. The summed E-state index contributed by atoms with van der Waals surface area (Å²) >= 11 is 0. The lowest BCUT2D eigenvalue weighted by Gasteiger charge is -2.23. The predicted molar refractivity (Wildman–Crippen MR) is 66.0 cm³/mol. The fourth-order valence-corrected chi connectivity index (χ4v) is 2.95. The molecule has 1 fully saturated rings. The zero-order valence-corrected chi connectivity index (χ0v) is 10.7. The first-order valence-corrected chi connectivity index (χ1v) is 6.67. The molecular formula is C12H19N5O. The van der Waals surface area contributed by atoms with E-state index in [1.54, 1.807) is 6.92 Å². The van der Waals surface area contributed by atoms with Crippen LogP contribution in [0.1, 0.15) is 37.5 Å². The summed E-state index contributed by atoms with van der Waals surface area (Å²) in [7, 11) is 0. The third kappa shape index (κ3) is 1.90. The number of carbonyl (C=O) groups excluding carboxylic acids is 1. The van der Waals surface area contributed by atoms with E-state index < -0.39 is 0 Å². The van der Waals surface area contributed by atoms with Crippen LogP contribution in [0.2, 0.25) is 0 Å². The average Bonchev–Trinajstić information content (AvgIpc) is 2.90. The first-order valence-electron chi connectivity index (χ1n) is 6.67. The number of hydrogen-bond donors (Lipinski definition) is 1. The Hall–Kier alpha value is -1.43. The molecule has 6 heteroatoms. The highest BCUT2D eigenvalue weighted by Gasteiger charge is 2.32. The molecule has 1 aromatic heterocycles. The Morgan fingerprint density at radius 1 is 1.33 bits per heavy atom. The lowest BCUT2D eigenvalue weighted by molar-refractivity contribution is -0.129. The Labute approximate surface area is 106 Å². The number of carbonyl (C=O) groups is 1. The Kier molecular flexibility index (Phi) is 3.03. The summed E-state index contributed by atoms with van der Waals surface area (Å²) < 4.78 is 2.20. The van der Waals surface area contributed by atoms with Gasteiger partial charge in [-0.25, -0.2) is 0 Å². The van der Waals surface area contributed by atoms with Crippen LogP contribution in [0.25, 0.3) is 0 Å². The van der Waals surface area contributed by atoms with Crippen molar-refractivity contribution in [2.24, 2.45) is 0 Å². The van der Waals surface area contributed by atoms with Crippen molar-refractivity contribution in [3.63, 3.8) is 0 Å². The fourth-order valence-electron chi connectivity index (χ4n) is 2.95. The van der Waals surface area contributed by atoms with Gasteiger partial charge in [-0.05, 0) is 12.8 Å². The molecule has 0 aliphatic carbocycles. The number of rotatable bonds is 1. The molecule has 1 aromatic rings. The second kappa shape index (κ2) is 4.68. The largest absolute Gasteiger partial charge is 0.333 e. The van der Waals surface area contributed by atoms with Gasteiger partial charge >= 0.3 is 0 Å². The van der Waals surface area contributed by atoms with Gasteiger partial charge in [0.2, 0.25) is 5.91 Å². The molecule has 1 N–H and O–H groups in total. The molecule has 2 aliphatic heterocycles. The van der Waals surface area contributed by atoms with E-state index in [9.17, 15) is 4.79 Å². The molecule has 2 aliphatic rings. The van der Waals surface area contributed by atoms with Crippen molar-refractivity contribution >= 4 is 5.91 Å². The number of fused-ring (bicyclic) bond motifs is 1. The molecule has 18 heavy (non-hydrogen) atoms. The van der Waals surface area contributed by atoms with Gasteiger partial charge in [-0.1, -0.05) is 0 Å². The molecule has 0 bridgehead atoms. The van der Waals surface area contributed by atoms with Crippen molar-refractivity contribution < 1.29 is 4.79 Å². The van der Waals surface area contributed by atoms with Crippen molar-refractivity contribution in [3.8, 4) is 0 Å². The molecule has 1 atom stereocenters. The second-order valence-electron chi connectivity index (χ2n) is 5.00. The summed E-state index contributed by atoms with van der Waals surface area (Å²) in [5.41, 5.74) is 0. The van der Waals surface area contributed by atoms with Gasteiger partial charge in [0.25, 0.3) is 0 Å². The number of likely N-dealkylation sites (tertiary alicyclic amines) is 1. The quantitative estimate of drug-likeness (QED) is 0.767. The van der Waals surface area contributed by atoms with Crippen LogP contribution >= 0.6 is 0 Å². The second-order valence-corrected chi connectivity index (χ2v) is 5.00. The van der Waals surface area contributed by atoms with Gasteiger partial charge in [0, 0.05) is 39.5 Å². The third-order valence-corrected chi connectivity index (χ3v) is 3.85. The van der Waals surface area contributed by atoms with Crippen LogP contribution in [0.15, 0.2) is 0 Å². The van der Waals surface area contributed by atoms with Crippen molar-refractivity contribution in [1.29, 1.82) is 0 Å². The van der Waals surface area contributed by atoms with E-state index in [4.69, 9.17) is 0 Å². The van der Waals surface area contributed by atoms with Crippen LogP contribution in [0, 0.1) is 0 Å². The van der Waals surface area contributed by atoms with Gasteiger partial charge in [0.15, 0.2) is 5.82 Å². The van der Waals surface area contributed by atoms with E-state index in [1.807, 2.05) is 4.90 Å². The molecule has 3 heterocycles. The lowest BCUT2D eigenvalue weighted by Crippen LogP contribution is -2.30. The molecule has 6 nitrogen and oxygen atoms in total. The van der Waals surface area contributed by atoms with Crippen LogP contribution in [0.4, 0.5) is 0 Å². The molecule has 98 valence electrons. The van der Waals surface area contributed by atoms with Crippen LogP contribution in [0.5, 0.6) is 0 Å². The minimum atomic E-state index is 0.127. The van der Waals surface area contributed by atoms with E-state index in [2.05, 4.69) is 20.1 Å².